The Labute approximate surface area is 160 Å². The lowest BCUT2D eigenvalue weighted by Gasteiger charge is -2.28. The van der Waals surface area contributed by atoms with E-state index in [9.17, 15) is 9.59 Å². The van der Waals surface area contributed by atoms with Crippen LogP contribution in [0.1, 0.15) is 32.8 Å². The van der Waals surface area contributed by atoms with Gasteiger partial charge in [0.2, 0.25) is 11.8 Å². The van der Waals surface area contributed by atoms with Crippen LogP contribution in [0.2, 0.25) is 0 Å². The van der Waals surface area contributed by atoms with Gasteiger partial charge in [-0.25, -0.2) is 0 Å². The molecule has 0 heterocycles. The van der Waals surface area contributed by atoms with Crippen LogP contribution in [0.15, 0.2) is 59.5 Å². The number of anilines is 1. The van der Waals surface area contributed by atoms with Crippen LogP contribution in [-0.4, -0.2) is 28.5 Å². The summed E-state index contributed by atoms with van der Waals surface area (Å²) in [6.07, 6.45) is 0.925. The Morgan fingerprint density at radius 3 is 2.31 bits per heavy atom. The second kappa shape index (κ2) is 10.0. The molecule has 0 aliphatic heterocycles. The zero-order valence-electron chi connectivity index (χ0n) is 15.6. The third-order valence-electron chi connectivity index (χ3n) is 4.18. The first-order valence-corrected chi connectivity index (χ1v) is 9.82. The van der Waals surface area contributed by atoms with E-state index < -0.39 is 0 Å². The van der Waals surface area contributed by atoms with Crippen molar-refractivity contribution in [3.05, 3.63) is 60.2 Å². The largest absolute Gasteiger partial charge is 0.335 e. The van der Waals surface area contributed by atoms with Crippen LogP contribution in [0.5, 0.6) is 0 Å². The standard InChI is InChI=1S/C21H26N2O2S/c1-4-16(2)23(14-18-8-6-5-7-9-18)21(25)15-26-20-12-10-19(11-13-20)22-17(3)24/h5-13,16H,4,14-15H2,1-3H3,(H,22,24)/t16-/m0/s1. The zero-order valence-corrected chi connectivity index (χ0v) is 16.4. The molecule has 2 aromatic carbocycles. The third-order valence-corrected chi connectivity index (χ3v) is 5.17. The molecule has 1 N–H and O–H groups in total. The fourth-order valence-electron chi connectivity index (χ4n) is 2.56. The average Bonchev–Trinajstić information content (AvgIpc) is 2.65. The molecule has 0 aromatic heterocycles. The number of hydrogen-bond donors (Lipinski definition) is 1. The number of rotatable bonds is 8. The molecule has 138 valence electrons. The van der Waals surface area contributed by atoms with E-state index in [1.165, 1.54) is 18.7 Å². The van der Waals surface area contributed by atoms with Crippen molar-refractivity contribution in [1.29, 1.82) is 0 Å². The highest BCUT2D eigenvalue weighted by Gasteiger charge is 2.19. The molecule has 1 atom stereocenters. The van der Waals surface area contributed by atoms with Gasteiger partial charge in [0.05, 0.1) is 5.75 Å². The maximum atomic E-state index is 12.8. The molecule has 2 rings (SSSR count). The molecule has 26 heavy (non-hydrogen) atoms. The highest BCUT2D eigenvalue weighted by molar-refractivity contribution is 8.00. The topological polar surface area (TPSA) is 49.4 Å². The second-order valence-corrected chi connectivity index (χ2v) is 7.31. The lowest BCUT2D eigenvalue weighted by atomic mass is 10.1. The second-order valence-electron chi connectivity index (χ2n) is 6.26. The van der Waals surface area contributed by atoms with Crippen molar-refractivity contribution in [2.45, 2.75) is 44.7 Å². The number of hydrogen-bond acceptors (Lipinski definition) is 3. The molecule has 2 aromatic rings. The Morgan fingerprint density at radius 1 is 1.08 bits per heavy atom. The van der Waals surface area contributed by atoms with Gasteiger partial charge in [-0.3, -0.25) is 9.59 Å². The van der Waals surface area contributed by atoms with E-state index >= 15 is 0 Å². The molecular formula is C21H26N2O2S. The van der Waals surface area contributed by atoms with E-state index in [1.807, 2.05) is 47.4 Å². The Balaban J connectivity index is 1.97. The summed E-state index contributed by atoms with van der Waals surface area (Å²) in [5, 5.41) is 2.74. The van der Waals surface area contributed by atoms with Crippen molar-refractivity contribution >= 4 is 29.3 Å². The molecule has 0 aliphatic rings. The monoisotopic (exact) mass is 370 g/mol. The van der Waals surface area contributed by atoms with Crippen LogP contribution in [0, 0.1) is 0 Å². The predicted octanol–water partition coefficient (Wildman–Crippen LogP) is 4.56. The molecule has 0 saturated heterocycles. The van der Waals surface area contributed by atoms with Gasteiger partial charge in [0.15, 0.2) is 0 Å². The van der Waals surface area contributed by atoms with Gasteiger partial charge in [0.1, 0.15) is 0 Å². The minimum absolute atomic E-state index is 0.0920. The van der Waals surface area contributed by atoms with Crippen molar-refractivity contribution in [2.24, 2.45) is 0 Å². The van der Waals surface area contributed by atoms with E-state index in [0.717, 1.165) is 22.6 Å². The van der Waals surface area contributed by atoms with Gasteiger partial charge < -0.3 is 10.2 Å². The molecule has 0 spiro atoms. The summed E-state index contributed by atoms with van der Waals surface area (Å²) in [5.41, 5.74) is 1.91. The normalized spacial score (nSPS) is 11.7. The van der Waals surface area contributed by atoms with Gasteiger partial charge in [-0.05, 0) is 43.2 Å². The van der Waals surface area contributed by atoms with Crippen LogP contribution in [0.25, 0.3) is 0 Å². The fourth-order valence-corrected chi connectivity index (χ4v) is 3.34. The van der Waals surface area contributed by atoms with Gasteiger partial charge in [0, 0.05) is 30.1 Å². The summed E-state index contributed by atoms with van der Waals surface area (Å²) in [6, 6.07) is 17.8. The lowest BCUT2D eigenvalue weighted by Crippen LogP contribution is -2.38. The molecule has 0 fully saturated rings. The molecule has 4 nitrogen and oxygen atoms in total. The SMILES string of the molecule is CC[C@H](C)N(Cc1ccccc1)C(=O)CSc1ccc(NC(C)=O)cc1. The van der Waals surface area contributed by atoms with E-state index in [-0.39, 0.29) is 17.9 Å². The Hall–Kier alpha value is -2.27. The first-order chi connectivity index (χ1) is 12.5. The molecule has 0 saturated carbocycles. The van der Waals surface area contributed by atoms with Crippen molar-refractivity contribution in [2.75, 3.05) is 11.1 Å². The summed E-state index contributed by atoms with van der Waals surface area (Å²) in [5.74, 6) is 0.446. The third kappa shape index (κ3) is 6.23. The van der Waals surface area contributed by atoms with E-state index in [1.54, 1.807) is 0 Å². The molecular weight excluding hydrogens is 344 g/mol. The van der Waals surface area contributed by atoms with Gasteiger partial charge in [-0.15, -0.1) is 11.8 Å². The highest BCUT2D eigenvalue weighted by atomic mass is 32.2. The molecule has 5 heteroatoms. The summed E-state index contributed by atoms with van der Waals surface area (Å²) in [7, 11) is 0. The minimum atomic E-state index is -0.0920. The molecule has 0 aliphatic carbocycles. The Bertz CT molecular complexity index is 717. The Kier molecular flexibility index (Phi) is 7.73. The number of benzene rings is 2. The predicted molar refractivity (Wildman–Crippen MR) is 108 cm³/mol. The van der Waals surface area contributed by atoms with E-state index in [0.29, 0.717) is 12.3 Å². The zero-order chi connectivity index (χ0) is 18.9. The minimum Gasteiger partial charge on any atom is -0.335 e. The van der Waals surface area contributed by atoms with Crippen molar-refractivity contribution in [3.8, 4) is 0 Å². The quantitative estimate of drug-likeness (QED) is 0.693. The molecule has 0 radical (unpaired) electrons. The highest BCUT2D eigenvalue weighted by Crippen LogP contribution is 2.22. The Morgan fingerprint density at radius 2 is 1.73 bits per heavy atom. The van der Waals surface area contributed by atoms with Crippen LogP contribution in [0.3, 0.4) is 0 Å². The number of nitrogens with one attached hydrogen (secondary N) is 1. The average molecular weight is 371 g/mol. The summed E-state index contributed by atoms with van der Waals surface area (Å²) in [6.45, 7) is 6.31. The van der Waals surface area contributed by atoms with Crippen molar-refractivity contribution in [1.82, 2.24) is 4.90 Å². The smallest absolute Gasteiger partial charge is 0.233 e. The maximum absolute atomic E-state index is 12.8. The number of carbonyl (C=O) groups is 2. The number of thioether (sulfide) groups is 1. The van der Waals surface area contributed by atoms with Crippen LogP contribution in [0.4, 0.5) is 5.69 Å². The van der Waals surface area contributed by atoms with Gasteiger partial charge in [-0.2, -0.15) is 0 Å². The van der Waals surface area contributed by atoms with Gasteiger partial charge in [0.25, 0.3) is 0 Å². The number of nitrogens with zero attached hydrogens (tertiary/aromatic N) is 1. The molecule has 0 bridgehead atoms. The number of amides is 2. The molecule has 2 amide bonds. The maximum Gasteiger partial charge on any atom is 0.233 e. The van der Waals surface area contributed by atoms with Gasteiger partial charge in [-0.1, -0.05) is 37.3 Å². The first-order valence-electron chi connectivity index (χ1n) is 8.83. The van der Waals surface area contributed by atoms with Crippen LogP contribution in [-0.2, 0) is 16.1 Å². The first kappa shape index (κ1) is 20.0. The van der Waals surface area contributed by atoms with E-state index in [4.69, 9.17) is 0 Å². The molecule has 0 unspecified atom stereocenters. The van der Waals surface area contributed by atoms with Gasteiger partial charge >= 0.3 is 0 Å². The summed E-state index contributed by atoms with van der Waals surface area (Å²) < 4.78 is 0. The van der Waals surface area contributed by atoms with Crippen molar-refractivity contribution < 1.29 is 9.59 Å². The van der Waals surface area contributed by atoms with Crippen molar-refractivity contribution in [3.63, 3.8) is 0 Å². The van der Waals surface area contributed by atoms with Crippen LogP contribution >= 0.6 is 11.8 Å². The summed E-state index contributed by atoms with van der Waals surface area (Å²) in [4.78, 5) is 26.8. The van der Waals surface area contributed by atoms with E-state index in [2.05, 4.69) is 31.3 Å². The summed E-state index contributed by atoms with van der Waals surface area (Å²) >= 11 is 1.52. The fraction of sp³-hybridized carbons (Fsp3) is 0.333. The lowest BCUT2D eigenvalue weighted by molar-refractivity contribution is -0.131. The number of carbonyl (C=O) groups excluding carboxylic acids is 2. The van der Waals surface area contributed by atoms with Crippen LogP contribution < -0.4 is 5.32 Å².